The summed E-state index contributed by atoms with van der Waals surface area (Å²) in [5.41, 5.74) is 7.45. The van der Waals surface area contributed by atoms with Gasteiger partial charge in [-0.15, -0.1) is 0 Å². The molecular formula is C11H13ClN2O2. The molecule has 0 aromatic heterocycles. The Balaban J connectivity index is 2.35. The number of anilines is 1. The third kappa shape index (κ3) is 1.80. The highest BCUT2D eigenvalue weighted by Crippen LogP contribution is 2.35. The summed E-state index contributed by atoms with van der Waals surface area (Å²) in [6, 6.07) is 4.72. The third-order valence-electron chi connectivity index (χ3n) is 2.67. The van der Waals surface area contributed by atoms with Crippen LogP contribution in [0.4, 0.5) is 5.69 Å². The van der Waals surface area contributed by atoms with E-state index in [9.17, 15) is 4.79 Å². The first kappa shape index (κ1) is 11.4. The lowest BCUT2D eigenvalue weighted by molar-refractivity contribution is -0.119. The van der Waals surface area contributed by atoms with Gasteiger partial charge in [-0.1, -0.05) is 17.7 Å². The normalized spacial score (nSPS) is 19.1. The highest BCUT2D eigenvalue weighted by atomic mass is 35.5. The van der Waals surface area contributed by atoms with Crippen molar-refractivity contribution in [3.8, 4) is 0 Å². The number of methoxy groups -OCH3 is 1. The minimum Gasteiger partial charge on any atom is -0.383 e. The van der Waals surface area contributed by atoms with Crippen LogP contribution in [0.2, 0.25) is 5.02 Å². The number of halogens is 1. The van der Waals surface area contributed by atoms with Crippen molar-refractivity contribution >= 4 is 23.2 Å². The molecule has 2 rings (SSSR count). The van der Waals surface area contributed by atoms with Crippen molar-refractivity contribution in [1.82, 2.24) is 0 Å². The van der Waals surface area contributed by atoms with E-state index in [4.69, 9.17) is 22.1 Å². The second-order valence-electron chi connectivity index (χ2n) is 3.66. The average Bonchev–Trinajstić information content (AvgIpc) is 2.50. The predicted octanol–water partition coefficient (Wildman–Crippen LogP) is 1.33. The fraction of sp³-hybridized carbons (Fsp3) is 0.364. The van der Waals surface area contributed by atoms with Crippen LogP contribution in [0, 0.1) is 0 Å². The summed E-state index contributed by atoms with van der Waals surface area (Å²) >= 11 is 5.91. The number of fused-ring (bicyclic) bond motifs is 1. The van der Waals surface area contributed by atoms with Crippen molar-refractivity contribution in [2.24, 2.45) is 5.73 Å². The Morgan fingerprint density at radius 1 is 1.56 bits per heavy atom. The maximum absolute atomic E-state index is 11.9. The maximum atomic E-state index is 11.9. The van der Waals surface area contributed by atoms with E-state index in [-0.39, 0.29) is 5.91 Å². The predicted molar refractivity (Wildman–Crippen MR) is 62.6 cm³/mol. The largest absolute Gasteiger partial charge is 0.383 e. The van der Waals surface area contributed by atoms with Gasteiger partial charge in [0, 0.05) is 24.2 Å². The molecule has 16 heavy (non-hydrogen) atoms. The number of carbonyl (C=O) groups excluding carboxylic acids is 1. The molecule has 0 bridgehead atoms. The number of carbonyl (C=O) groups is 1. The third-order valence-corrected chi connectivity index (χ3v) is 2.90. The molecule has 4 nitrogen and oxygen atoms in total. The van der Waals surface area contributed by atoms with Gasteiger partial charge in [0.05, 0.1) is 12.3 Å². The van der Waals surface area contributed by atoms with E-state index >= 15 is 0 Å². The molecule has 0 fully saturated rings. The zero-order valence-electron chi connectivity index (χ0n) is 8.94. The summed E-state index contributed by atoms with van der Waals surface area (Å²) < 4.78 is 4.96. The molecule has 1 atom stereocenters. The van der Waals surface area contributed by atoms with Crippen LogP contribution in [0.15, 0.2) is 18.2 Å². The second-order valence-corrected chi connectivity index (χ2v) is 4.10. The Hall–Kier alpha value is -1.10. The molecule has 1 aromatic carbocycles. The summed E-state index contributed by atoms with van der Waals surface area (Å²) in [4.78, 5) is 13.5. The molecule has 1 unspecified atom stereocenters. The van der Waals surface area contributed by atoms with Gasteiger partial charge in [0.25, 0.3) is 0 Å². The number of hydrogen-bond acceptors (Lipinski definition) is 3. The van der Waals surface area contributed by atoms with E-state index in [0.717, 1.165) is 11.3 Å². The van der Waals surface area contributed by atoms with E-state index < -0.39 is 6.04 Å². The standard InChI is InChI=1S/C11H13ClN2O2/c1-16-5-4-14-9-6-7(12)2-3-8(9)10(13)11(14)15/h2-3,6,10H,4-5,13H2,1H3. The lowest BCUT2D eigenvalue weighted by Crippen LogP contribution is -2.34. The van der Waals surface area contributed by atoms with E-state index in [1.807, 2.05) is 0 Å². The van der Waals surface area contributed by atoms with Crippen molar-refractivity contribution in [3.63, 3.8) is 0 Å². The maximum Gasteiger partial charge on any atom is 0.248 e. The van der Waals surface area contributed by atoms with E-state index in [0.29, 0.717) is 18.2 Å². The molecule has 1 heterocycles. The highest BCUT2D eigenvalue weighted by molar-refractivity contribution is 6.31. The number of rotatable bonds is 3. The van der Waals surface area contributed by atoms with Crippen LogP contribution in [0.5, 0.6) is 0 Å². The van der Waals surface area contributed by atoms with Gasteiger partial charge in [-0.2, -0.15) is 0 Å². The molecule has 1 amide bonds. The van der Waals surface area contributed by atoms with Crippen LogP contribution in [-0.2, 0) is 9.53 Å². The van der Waals surface area contributed by atoms with Crippen LogP contribution in [0.25, 0.3) is 0 Å². The summed E-state index contributed by atoms with van der Waals surface area (Å²) in [6.45, 7) is 0.973. The molecule has 2 N–H and O–H groups in total. The van der Waals surface area contributed by atoms with Gasteiger partial charge in [0.15, 0.2) is 0 Å². The molecule has 5 heteroatoms. The summed E-state index contributed by atoms with van der Waals surface area (Å²) in [5.74, 6) is -0.102. The first-order valence-corrected chi connectivity index (χ1v) is 5.38. The molecule has 0 aliphatic carbocycles. The lowest BCUT2D eigenvalue weighted by Gasteiger charge is -2.16. The number of benzene rings is 1. The van der Waals surface area contributed by atoms with Crippen molar-refractivity contribution in [3.05, 3.63) is 28.8 Å². The number of nitrogens with two attached hydrogens (primary N) is 1. The Bertz CT molecular complexity index is 422. The van der Waals surface area contributed by atoms with Gasteiger partial charge in [0.1, 0.15) is 6.04 Å². The minimum atomic E-state index is -0.580. The van der Waals surface area contributed by atoms with Crippen molar-refractivity contribution in [1.29, 1.82) is 0 Å². The van der Waals surface area contributed by atoms with Gasteiger partial charge in [-0.25, -0.2) is 0 Å². The van der Waals surface area contributed by atoms with Gasteiger partial charge in [0.2, 0.25) is 5.91 Å². The molecule has 0 saturated carbocycles. The number of ether oxygens (including phenoxy) is 1. The van der Waals surface area contributed by atoms with Gasteiger partial charge < -0.3 is 15.4 Å². The van der Waals surface area contributed by atoms with Crippen molar-refractivity contribution in [2.45, 2.75) is 6.04 Å². The van der Waals surface area contributed by atoms with Crippen LogP contribution >= 0.6 is 11.6 Å². The van der Waals surface area contributed by atoms with Crippen molar-refractivity contribution < 1.29 is 9.53 Å². The molecule has 1 aliphatic heterocycles. The molecule has 86 valence electrons. The van der Waals surface area contributed by atoms with Crippen LogP contribution in [0.3, 0.4) is 0 Å². The second kappa shape index (κ2) is 4.41. The first-order chi connectivity index (χ1) is 7.65. The van der Waals surface area contributed by atoms with Crippen LogP contribution in [-0.4, -0.2) is 26.2 Å². The fourth-order valence-electron chi connectivity index (χ4n) is 1.85. The molecule has 1 aromatic rings. The number of nitrogens with zero attached hydrogens (tertiary/aromatic N) is 1. The van der Waals surface area contributed by atoms with E-state index in [2.05, 4.69) is 0 Å². The molecule has 1 aliphatic rings. The number of amides is 1. The quantitative estimate of drug-likeness (QED) is 0.867. The SMILES string of the molecule is COCCN1C(=O)C(N)c2ccc(Cl)cc21. The summed E-state index contributed by atoms with van der Waals surface area (Å²) in [7, 11) is 1.60. The Labute approximate surface area is 98.9 Å². The monoisotopic (exact) mass is 240 g/mol. The molecule has 0 saturated heterocycles. The van der Waals surface area contributed by atoms with Gasteiger partial charge in [-0.05, 0) is 12.1 Å². The van der Waals surface area contributed by atoms with E-state index in [1.165, 1.54) is 0 Å². The van der Waals surface area contributed by atoms with Crippen molar-refractivity contribution in [2.75, 3.05) is 25.2 Å². The molecule has 0 spiro atoms. The van der Waals surface area contributed by atoms with E-state index in [1.54, 1.807) is 30.2 Å². The van der Waals surface area contributed by atoms with Crippen LogP contribution in [0.1, 0.15) is 11.6 Å². The first-order valence-electron chi connectivity index (χ1n) is 5.00. The molecule has 0 radical (unpaired) electrons. The highest BCUT2D eigenvalue weighted by Gasteiger charge is 2.34. The Morgan fingerprint density at radius 3 is 3.00 bits per heavy atom. The van der Waals surface area contributed by atoms with Gasteiger partial charge in [-0.3, -0.25) is 4.79 Å². The zero-order chi connectivity index (χ0) is 11.7. The fourth-order valence-corrected chi connectivity index (χ4v) is 2.01. The zero-order valence-corrected chi connectivity index (χ0v) is 9.70. The summed E-state index contributed by atoms with van der Waals surface area (Å²) in [6.07, 6.45) is 0. The van der Waals surface area contributed by atoms with Crippen LogP contribution < -0.4 is 10.6 Å². The Kier molecular flexibility index (Phi) is 3.14. The summed E-state index contributed by atoms with van der Waals surface area (Å²) in [5, 5.41) is 0.600. The Morgan fingerprint density at radius 2 is 2.31 bits per heavy atom. The molecular weight excluding hydrogens is 228 g/mol. The minimum absolute atomic E-state index is 0.102. The van der Waals surface area contributed by atoms with Gasteiger partial charge >= 0.3 is 0 Å². The average molecular weight is 241 g/mol. The topological polar surface area (TPSA) is 55.6 Å². The smallest absolute Gasteiger partial charge is 0.248 e. The number of hydrogen-bond donors (Lipinski definition) is 1. The lowest BCUT2D eigenvalue weighted by atomic mass is 10.1.